The molecule has 5 aliphatic rings. The van der Waals surface area contributed by atoms with Gasteiger partial charge in [0.1, 0.15) is 6.23 Å². The van der Waals surface area contributed by atoms with Gasteiger partial charge >= 0.3 is 0 Å². The molecule has 2 bridgehead atoms. The van der Waals surface area contributed by atoms with Gasteiger partial charge in [-0.05, 0) is 49.5 Å². The van der Waals surface area contributed by atoms with Crippen molar-refractivity contribution in [2.24, 2.45) is 28.8 Å². The Hall–Kier alpha value is -0.850. The largest absolute Gasteiger partial charge is 0.340 e. The van der Waals surface area contributed by atoms with Crippen LogP contribution in [-0.4, -0.2) is 23.9 Å². The average Bonchev–Trinajstić information content (AvgIpc) is 2.71. The fraction of sp³-hybridized carbons (Fsp3) is 1.00. The van der Waals surface area contributed by atoms with E-state index in [0.717, 1.165) is 25.7 Å². The number of rotatable bonds is 1. The lowest BCUT2D eigenvalue weighted by atomic mass is 9.58. The van der Waals surface area contributed by atoms with Crippen LogP contribution in [0.3, 0.4) is 0 Å². The minimum absolute atomic E-state index is 0.0804. The SMILES string of the molecule is C[C@@H]1CC[C@H]2[C@@H](C)C(N=[N+]=[N-])O[C@@H]3O[C@]4(C)CC[C@@H]1[C@]32OO4. The summed E-state index contributed by atoms with van der Waals surface area (Å²) in [5, 5.41) is 3.84. The minimum Gasteiger partial charge on any atom is -0.340 e. The molecule has 7 nitrogen and oxygen atoms in total. The summed E-state index contributed by atoms with van der Waals surface area (Å²) in [4.78, 5) is 14.7. The molecule has 22 heavy (non-hydrogen) atoms. The lowest BCUT2D eigenvalue weighted by Crippen LogP contribution is -2.70. The predicted molar refractivity (Wildman–Crippen MR) is 76.0 cm³/mol. The van der Waals surface area contributed by atoms with Crippen molar-refractivity contribution in [3.05, 3.63) is 10.4 Å². The van der Waals surface area contributed by atoms with Crippen LogP contribution < -0.4 is 0 Å². The predicted octanol–water partition coefficient (Wildman–Crippen LogP) is 3.50. The molecule has 1 saturated carbocycles. The number of hydrogen-bond donors (Lipinski definition) is 0. The third-order valence-corrected chi connectivity index (χ3v) is 6.29. The van der Waals surface area contributed by atoms with Crippen LogP contribution >= 0.6 is 0 Å². The summed E-state index contributed by atoms with van der Waals surface area (Å²) >= 11 is 0. The van der Waals surface area contributed by atoms with Crippen LogP contribution in [0.2, 0.25) is 0 Å². The van der Waals surface area contributed by atoms with E-state index in [0.29, 0.717) is 11.8 Å². The van der Waals surface area contributed by atoms with E-state index in [9.17, 15) is 0 Å². The number of fused-ring (bicyclic) bond motifs is 2. The molecule has 0 amide bonds. The standard InChI is InChI=1S/C15H23N3O4/c1-8-4-5-11-9(2)12(17-18-16)19-13-15(11)10(8)6-7-14(3,20-13)21-22-15/h8-13H,4-7H2,1-3H3/t8-,9-,10+,11+,12?,13-,14+,15-/m1/s1. The van der Waals surface area contributed by atoms with Gasteiger partial charge in [0, 0.05) is 17.3 Å². The first-order chi connectivity index (χ1) is 10.5. The van der Waals surface area contributed by atoms with E-state index >= 15 is 0 Å². The molecule has 0 aromatic carbocycles. The van der Waals surface area contributed by atoms with Gasteiger partial charge in [-0.3, -0.25) is 0 Å². The van der Waals surface area contributed by atoms with Crippen molar-refractivity contribution in [1.29, 1.82) is 0 Å². The molecule has 1 aliphatic carbocycles. The molecule has 0 aromatic heterocycles. The summed E-state index contributed by atoms with van der Waals surface area (Å²) in [6.07, 6.45) is 2.92. The molecule has 7 heteroatoms. The van der Waals surface area contributed by atoms with Gasteiger partial charge in [0.15, 0.2) is 11.9 Å². The number of hydrogen-bond acceptors (Lipinski definition) is 5. The van der Waals surface area contributed by atoms with E-state index in [1.807, 2.05) is 6.92 Å². The van der Waals surface area contributed by atoms with Crippen molar-refractivity contribution in [3.8, 4) is 0 Å². The first-order valence-corrected chi connectivity index (χ1v) is 8.24. The van der Waals surface area contributed by atoms with Gasteiger partial charge in [0.05, 0.1) is 0 Å². The second-order valence-corrected chi connectivity index (χ2v) is 7.50. The van der Waals surface area contributed by atoms with Crippen molar-refractivity contribution < 1.29 is 19.2 Å². The van der Waals surface area contributed by atoms with Crippen LogP contribution in [0.25, 0.3) is 10.4 Å². The topological polar surface area (TPSA) is 85.7 Å². The van der Waals surface area contributed by atoms with Crippen molar-refractivity contribution in [3.63, 3.8) is 0 Å². The van der Waals surface area contributed by atoms with Gasteiger partial charge in [0.25, 0.3) is 0 Å². The van der Waals surface area contributed by atoms with Gasteiger partial charge in [0.2, 0.25) is 5.79 Å². The van der Waals surface area contributed by atoms with Gasteiger partial charge in [-0.25, -0.2) is 9.78 Å². The van der Waals surface area contributed by atoms with E-state index in [2.05, 4.69) is 23.9 Å². The van der Waals surface area contributed by atoms with Crippen LogP contribution in [0.1, 0.15) is 46.5 Å². The fourth-order valence-corrected chi connectivity index (χ4v) is 5.07. The Labute approximate surface area is 129 Å². The maximum atomic E-state index is 8.82. The monoisotopic (exact) mass is 309 g/mol. The summed E-state index contributed by atoms with van der Waals surface area (Å²) in [6, 6.07) is 0. The zero-order valence-electron chi connectivity index (χ0n) is 13.3. The highest BCUT2D eigenvalue weighted by Crippen LogP contribution is 2.60. The molecule has 0 N–H and O–H groups in total. The summed E-state index contributed by atoms with van der Waals surface area (Å²) in [6.45, 7) is 6.24. The molecule has 1 spiro atoms. The lowest BCUT2D eigenvalue weighted by molar-refractivity contribution is -0.570. The van der Waals surface area contributed by atoms with Crippen LogP contribution in [-0.2, 0) is 19.2 Å². The second-order valence-electron chi connectivity index (χ2n) is 7.50. The summed E-state index contributed by atoms with van der Waals surface area (Å²) in [5.41, 5.74) is 8.24. The maximum absolute atomic E-state index is 8.82. The van der Waals surface area contributed by atoms with Crippen molar-refractivity contribution >= 4 is 0 Å². The third-order valence-electron chi connectivity index (χ3n) is 6.29. The van der Waals surface area contributed by atoms with Crippen molar-refractivity contribution in [1.82, 2.24) is 0 Å². The minimum atomic E-state index is -0.779. The zero-order valence-corrected chi connectivity index (χ0v) is 13.3. The van der Waals surface area contributed by atoms with Crippen LogP contribution in [0.4, 0.5) is 0 Å². The Balaban J connectivity index is 1.80. The molecule has 0 aromatic rings. The number of azide groups is 1. The number of ether oxygens (including phenoxy) is 2. The van der Waals surface area contributed by atoms with E-state index in [1.165, 1.54) is 0 Å². The summed E-state index contributed by atoms with van der Waals surface area (Å²) < 4.78 is 12.2. The second kappa shape index (κ2) is 4.82. The quantitative estimate of drug-likeness (QED) is 0.321. The van der Waals surface area contributed by atoms with Gasteiger partial charge in [-0.2, -0.15) is 0 Å². The molecule has 5 fully saturated rings. The lowest BCUT2D eigenvalue weighted by Gasteiger charge is -2.60. The Morgan fingerprint density at radius 1 is 1.14 bits per heavy atom. The van der Waals surface area contributed by atoms with Gasteiger partial charge in [-0.1, -0.05) is 19.0 Å². The van der Waals surface area contributed by atoms with Crippen molar-refractivity contribution in [2.45, 2.75) is 70.4 Å². The Morgan fingerprint density at radius 3 is 2.73 bits per heavy atom. The van der Waals surface area contributed by atoms with E-state index < -0.39 is 23.9 Å². The van der Waals surface area contributed by atoms with E-state index in [1.54, 1.807) is 0 Å². The van der Waals surface area contributed by atoms with Crippen LogP contribution in [0.15, 0.2) is 5.11 Å². The first-order valence-electron chi connectivity index (χ1n) is 8.24. The van der Waals surface area contributed by atoms with Crippen LogP contribution in [0, 0.1) is 23.7 Å². The molecule has 1 unspecified atom stereocenters. The average molecular weight is 309 g/mol. The van der Waals surface area contributed by atoms with E-state index in [-0.39, 0.29) is 11.8 Å². The molecular formula is C15H23N3O4. The van der Waals surface area contributed by atoms with Gasteiger partial charge in [-0.15, -0.1) is 0 Å². The smallest absolute Gasteiger partial charge is 0.201 e. The molecule has 4 aliphatic heterocycles. The molecule has 5 rings (SSSR count). The number of nitrogens with zero attached hydrogens (tertiary/aromatic N) is 3. The molecule has 4 heterocycles. The first kappa shape index (κ1) is 14.7. The zero-order chi connectivity index (χ0) is 15.5. The maximum Gasteiger partial charge on any atom is 0.201 e. The van der Waals surface area contributed by atoms with E-state index in [4.69, 9.17) is 24.8 Å². The highest BCUT2D eigenvalue weighted by molar-refractivity contribution is 5.09. The third kappa shape index (κ3) is 1.80. The van der Waals surface area contributed by atoms with Gasteiger partial charge < -0.3 is 9.47 Å². The Kier molecular flexibility index (Phi) is 3.23. The summed E-state index contributed by atoms with van der Waals surface area (Å²) in [7, 11) is 0. The molecular weight excluding hydrogens is 286 g/mol. The molecule has 4 saturated heterocycles. The fourth-order valence-electron chi connectivity index (χ4n) is 5.07. The highest BCUT2D eigenvalue weighted by atomic mass is 17.3. The molecule has 0 radical (unpaired) electrons. The Bertz CT molecular complexity index is 525. The summed E-state index contributed by atoms with van der Waals surface area (Å²) in [5.74, 6) is 0.398. The molecule has 8 atom stereocenters. The highest BCUT2D eigenvalue weighted by Gasteiger charge is 2.69. The normalized spacial score (nSPS) is 56.7. The molecule has 122 valence electrons. The van der Waals surface area contributed by atoms with Crippen LogP contribution in [0.5, 0.6) is 0 Å². The van der Waals surface area contributed by atoms with Crippen molar-refractivity contribution in [2.75, 3.05) is 0 Å². The Morgan fingerprint density at radius 2 is 1.95 bits per heavy atom.